The number of aromatic nitrogens is 1. The molecule has 0 fully saturated rings. The molecule has 0 radical (unpaired) electrons. The highest BCUT2D eigenvalue weighted by Gasteiger charge is 2.27. The van der Waals surface area contributed by atoms with Crippen molar-refractivity contribution in [3.63, 3.8) is 0 Å². The van der Waals surface area contributed by atoms with Crippen molar-refractivity contribution >= 4 is 17.5 Å². The lowest BCUT2D eigenvalue weighted by atomic mass is 9.88. The molecule has 112 valence electrons. The molecule has 1 unspecified atom stereocenters. The zero-order chi connectivity index (χ0) is 15.2. The fourth-order valence-corrected chi connectivity index (χ4v) is 3.96. The Kier molecular flexibility index (Phi) is 2.77. The van der Waals surface area contributed by atoms with Crippen LogP contribution >= 0.6 is 0 Å². The van der Waals surface area contributed by atoms with Crippen molar-refractivity contribution in [2.24, 2.45) is 4.99 Å². The Hall–Kier alpha value is -2.61. The van der Waals surface area contributed by atoms with E-state index in [0.29, 0.717) is 5.92 Å². The first kappa shape index (κ1) is 12.9. The van der Waals surface area contributed by atoms with Crippen LogP contribution in [-0.4, -0.2) is 10.8 Å². The van der Waals surface area contributed by atoms with E-state index in [-0.39, 0.29) is 0 Å². The summed E-state index contributed by atoms with van der Waals surface area (Å²) in [6.07, 6.45) is 14.4. The summed E-state index contributed by atoms with van der Waals surface area (Å²) < 4.78 is 2.34. The second-order valence-corrected chi connectivity index (χ2v) is 6.39. The summed E-state index contributed by atoms with van der Waals surface area (Å²) in [6, 6.07) is 13.0. The van der Waals surface area contributed by atoms with E-state index >= 15 is 0 Å². The second kappa shape index (κ2) is 4.95. The average Bonchev–Trinajstić information content (AvgIpc) is 2.97. The van der Waals surface area contributed by atoms with Crippen molar-refractivity contribution in [1.29, 1.82) is 0 Å². The van der Waals surface area contributed by atoms with Gasteiger partial charge in [-0.2, -0.15) is 0 Å². The van der Waals surface area contributed by atoms with Gasteiger partial charge >= 0.3 is 0 Å². The quantitative estimate of drug-likeness (QED) is 0.718. The summed E-state index contributed by atoms with van der Waals surface area (Å²) in [5, 5.41) is 0. The standard InChI is InChI=1S/C21H18N2/c1-2-6-15(7-3-1)18-10-5-11-19-20(18)22-14-17-9-4-8-16-12-13-23(19)21(16)17/h1-3,5-7,9,11-14,18H,4,8,10H2. The summed E-state index contributed by atoms with van der Waals surface area (Å²) in [4.78, 5) is 4.93. The molecule has 0 saturated heterocycles. The number of rotatable bonds is 1. The van der Waals surface area contributed by atoms with Gasteiger partial charge in [-0.1, -0.05) is 42.5 Å². The van der Waals surface area contributed by atoms with Crippen molar-refractivity contribution in [2.75, 3.05) is 0 Å². The van der Waals surface area contributed by atoms with Gasteiger partial charge in [0.25, 0.3) is 0 Å². The molecule has 2 aliphatic carbocycles. The Morgan fingerprint density at radius 1 is 1.09 bits per heavy atom. The van der Waals surface area contributed by atoms with Crippen LogP contribution in [0.2, 0.25) is 0 Å². The maximum atomic E-state index is 4.93. The van der Waals surface area contributed by atoms with Crippen molar-refractivity contribution in [3.8, 4) is 0 Å². The SMILES string of the molecule is C1=CC2=C(N=CC3=CCCc4ccn2c43)C(c2ccccc2)C1. The molecule has 2 heterocycles. The Labute approximate surface area is 136 Å². The zero-order valence-electron chi connectivity index (χ0n) is 12.9. The highest BCUT2D eigenvalue weighted by molar-refractivity contribution is 6.12. The van der Waals surface area contributed by atoms with Crippen molar-refractivity contribution in [3.05, 3.63) is 83.3 Å². The third-order valence-electron chi connectivity index (χ3n) is 5.07. The number of nitrogens with zero attached hydrogens (tertiary/aromatic N) is 2. The molecule has 0 spiro atoms. The molecule has 1 aliphatic heterocycles. The van der Waals surface area contributed by atoms with Gasteiger partial charge in [-0.25, -0.2) is 0 Å². The largest absolute Gasteiger partial charge is 0.314 e. The number of fused-ring (bicyclic) bond motifs is 1. The van der Waals surface area contributed by atoms with E-state index in [4.69, 9.17) is 4.99 Å². The number of hydrogen-bond donors (Lipinski definition) is 0. The van der Waals surface area contributed by atoms with E-state index in [0.717, 1.165) is 19.3 Å². The zero-order valence-corrected chi connectivity index (χ0v) is 12.9. The minimum Gasteiger partial charge on any atom is -0.314 e. The van der Waals surface area contributed by atoms with Crippen LogP contribution in [0.1, 0.15) is 35.6 Å². The van der Waals surface area contributed by atoms with E-state index in [2.05, 4.69) is 71.6 Å². The van der Waals surface area contributed by atoms with Crippen LogP contribution in [0.25, 0.3) is 11.3 Å². The van der Waals surface area contributed by atoms with Crippen LogP contribution < -0.4 is 0 Å². The first-order chi connectivity index (χ1) is 11.4. The molecule has 5 rings (SSSR count). The van der Waals surface area contributed by atoms with Gasteiger partial charge in [0, 0.05) is 23.9 Å². The molecule has 1 aromatic heterocycles. The lowest BCUT2D eigenvalue weighted by Gasteiger charge is -2.23. The van der Waals surface area contributed by atoms with E-state index in [1.54, 1.807) is 0 Å². The van der Waals surface area contributed by atoms with Crippen LogP contribution in [0.5, 0.6) is 0 Å². The molecule has 2 heteroatoms. The highest BCUT2D eigenvalue weighted by Crippen LogP contribution is 2.41. The van der Waals surface area contributed by atoms with Gasteiger partial charge in [-0.3, -0.25) is 4.99 Å². The molecule has 1 atom stereocenters. The fraction of sp³-hybridized carbons (Fsp3) is 0.190. The predicted molar refractivity (Wildman–Crippen MR) is 95.4 cm³/mol. The van der Waals surface area contributed by atoms with Crippen LogP contribution in [-0.2, 0) is 6.42 Å². The van der Waals surface area contributed by atoms with Crippen LogP contribution in [0.15, 0.2) is 71.5 Å². The Morgan fingerprint density at radius 3 is 2.91 bits per heavy atom. The minimum absolute atomic E-state index is 0.339. The highest BCUT2D eigenvalue weighted by atomic mass is 15.0. The summed E-state index contributed by atoms with van der Waals surface area (Å²) >= 11 is 0. The van der Waals surface area contributed by atoms with E-state index in [9.17, 15) is 0 Å². The third kappa shape index (κ3) is 1.91. The van der Waals surface area contributed by atoms with Gasteiger partial charge in [0.1, 0.15) is 0 Å². The van der Waals surface area contributed by atoms with Gasteiger partial charge < -0.3 is 4.57 Å². The minimum atomic E-state index is 0.339. The van der Waals surface area contributed by atoms with E-state index in [1.165, 1.54) is 33.8 Å². The van der Waals surface area contributed by atoms with Gasteiger partial charge in [0.15, 0.2) is 0 Å². The smallest absolute Gasteiger partial charge is 0.0721 e. The third-order valence-corrected chi connectivity index (χ3v) is 5.07. The molecule has 2 nitrogen and oxygen atoms in total. The van der Waals surface area contributed by atoms with E-state index in [1.807, 2.05) is 0 Å². The summed E-state index contributed by atoms with van der Waals surface area (Å²) in [7, 11) is 0. The number of allylic oxidation sites excluding steroid dienone is 6. The molecular formula is C21H18N2. The summed E-state index contributed by atoms with van der Waals surface area (Å²) in [6.45, 7) is 0. The van der Waals surface area contributed by atoms with Gasteiger partial charge in [0.05, 0.1) is 17.1 Å². The molecule has 3 aliphatic rings. The molecule has 1 aromatic carbocycles. The molecule has 0 saturated carbocycles. The topological polar surface area (TPSA) is 17.3 Å². The molecule has 0 amide bonds. The van der Waals surface area contributed by atoms with Crippen molar-refractivity contribution < 1.29 is 0 Å². The van der Waals surface area contributed by atoms with Gasteiger partial charge in [-0.05, 0) is 42.5 Å². The normalized spacial score (nSPS) is 21.6. The number of benzene rings is 1. The van der Waals surface area contributed by atoms with Gasteiger partial charge in [-0.15, -0.1) is 0 Å². The lowest BCUT2D eigenvalue weighted by Crippen LogP contribution is -2.10. The summed E-state index contributed by atoms with van der Waals surface area (Å²) in [5.41, 5.74) is 7.81. The van der Waals surface area contributed by atoms with Crippen molar-refractivity contribution in [2.45, 2.75) is 25.2 Å². The van der Waals surface area contributed by atoms with Crippen LogP contribution in [0, 0.1) is 0 Å². The monoisotopic (exact) mass is 298 g/mol. The number of hydrogen-bond acceptors (Lipinski definition) is 1. The fourth-order valence-electron chi connectivity index (χ4n) is 3.96. The van der Waals surface area contributed by atoms with E-state index < -0.39 is 0 Å². The maximum absolute atomic E-state index is 4.93. The molecule has 0 bridgehead atoms. The Balaban J connectivity index is 1.73. The molecule has 0 N–H and O–H groups in total. The van der Waals surface area contributed by atoms with Gasteiger partial charge in [0.2, 0.25) is 0 Å². The Morgan fingerprint density at radius 2 is 2.00 bits per heavy atom. The molecular weight excluding hydrogens is 280 g/mol. The second-order valence-electron chi connectivity index (χ2n) is 6.39. The molecule has 2 aromatic rings. The number of aliphatic imine (C=N–C) groups is 1. The lowest BCUT2D eigenvalue weighted by molar-refractivity contribution is 0.781. The summed E-state index contributed by atoms with van der Waals surface area (Å²) in [5.74, 6) is 0.339. The van der Waals surface area contributed by atoms with Crippen molar-refractivity contribution in [1.82, 2.24) is 4.57 Å². The maximum Gasteiger partial charge on any atom is 0.0721 e. The first-order valence-electron chi connectivity index (χ1n) is 8.32. The van der Waals surface area contributed by atoms with Crippen LogP contribution in [0.4, 0.5) is 0 Å². The number of aryl methyl sites for hydroxylation is 1. The van der Waals surface area contributed by atoms with Crippen LogP contribution in [0.3, 0.4) is 0 Å². The first-order valence-corrected chi connectivity index (χ1v) is 8.32. The molecule has 23 heavy (non-hydrogen) atoms. The Bertz CT molecular complexity index is 891. The predicted octanol–water partition coefficient (Wildman–Crippen LogP) is 4.81. The average molecular weight is 298 g/mol.